The summed E-state index contributed by atoms with van der Waals surface area (Å²) in [5.41, 5.74) is 2.02. The maximum absolute atomic E-state index is 13.9. The number of carbonyl (C=O) groups excluding carboxylic acids is 1. The fourth-order valence-electron chi connectivity index (χ4n) is 3.03. The van der Waals surface area contributed by atoms with E-state index in [1.54, 1.807) is 11.8 Å². The van der Waals surface area contributed by atoms with Gasteiger partial charge in [-0.25, -0.2) is 13.2 Å². The zero-order valence-corrected chi connectivity index (χ0v) is 14.6. The summed E-state index contributed by atoms with van der Waals surface area (Å²) < 4.78 is 40.4. The first-order valence-electron chi connectivity index (χ1n) is 8.09. The number of amides is 1. The highest BCUT2D eigenvalue weighted by Crippen LogP contribution is 2.36. The quantitative estimate of drug-likeness (QED) is 0.717. The van der Waals surface area contributed by atoms with Crippen molar-refractivity contribution >= 4 is 17.7 Å². The van der Waals surface area contributed by atoms with Gasteiger partial charge in [-0.2, -0.15) is 11.8 Å². The Morgan fingerprint density at radius 3 is 2.60 bits per heavy atom. The van der Waals surface area contributed by atoms with Crippen LogP contribution < -0.4 is 0 Å². The zero-order valence-electron chi connectivity index (χ0n) is 13.8. The monoisotopic (exact) mass is 365 g/mol. The van der Waals surface area contributed by atoms with Crippen LogP contribution in [0.1, 0.15) is 33.2 Å². The summed E-state index contributed by atoms with van der Waals surface area (Å²) in [5.74, 6) is -4.21. The third-order valence-corrected chi connectivity index (χ3v) is 5.74. The smallest absolute Gasteiger partial charge is 0.256 e. The molecule has 1 fully saturated rings. The predicted molar refractivity (Wildman–Crippen MR) is 93.2 cm³/mol. The Labute approximate surface area is 149 Å². The van der Waals surface area contributed by atoms with Crippen molar-refractivity contribution in [3.8, 4) is 0 Å². The molecule has 1 heterocycles. The highest BCUT2D eigenvalue weighted by atomic mass is 32.2. The Bertz CT molecular complexity index is 796. The van der Waals surface area contributed by atoms with Crippen molar-refractivity contribution in [2.24, 2.45) is 0 Å². The van der Waals surface area contributed by atoms with Gasteiger partial charge in [-0.3, -0.25) is 4.79 Å². The van der Waals surface area contributed by atoms with E-state index in [0.717, 1.165) is 18.6 Å². The second-order valence-electron chi connectivity index (χ2n) is 6.02. The van der Waals surface area contributed by atoms with Crippen LogP contribution in [-0.2, 0) is 0 Å². The first-order valence-corrected chi connectivity index (χ1v) is 9.14. The molecule has 2 aromatic rings. The fourth-order valence-corrected chi connectivity index (χ4v) is 4.36. The molecular weight excluding hydrogens is 347 g/mol. The van der Waals surface area contributed by atoms with Crippen LogP contribution in [0.15, 0.2) is 36.4 Å². The Kier molecular flexibility index (Phi) is 5.37. The minimum atomic E-state index is -1.60. The van der Waals surface area contributed by atoms with Crippen molar-refractivity contribution in [1.29, 1.82) is 0 Å². The topological polar surface area (TPSA) is 20.3 Å². The second kappa shape index (κ2) is 7.52. The number of benzene rings is 2. The lowest BCUT2D eigenvalue weighted by molar-refractivity contribution is 0.0760. The van der Waals surface area contributed by atoms with Crippen molar-refractivity contribution in [2.75, 3.05) is 18.8 Å². The van der Waals surface area contributed by atoms with E-state index in [1.165, 1.54) is 16.0 Å². The van der Waals surface area contributed by atoms with E-state index in [-0.39, 0.29) is 5.25 Å². The lowest BCUT2D eigenvalue weighted by Crippen LogP contribution is -2.33. The largest absolute Gasteiger partial charge is 0.338 e. The number of hydrogen-bond donors (Lipinski definition) is 0. The van der Waals surface area contributed by atoms with E-state index < -0.39 is 28.9 Å². The molecule has 1 aliphatic rings. The van der Waals surface area contributed by atoms with Crippen LogP contribution >= 0.6 is 11.8 Å². The van der Waals surface area contributed by atoms with Crippen LogP contribution in [-0.4, -0.2) is 29.6 Å². The summed E-state index contributed by atoms with van der Waals surface area (Å²) in [7, 11) is 0. The normalized spacial score (nSPS) is 18.1. The molecule has 1 saturated heterocycles. The molecule has 132 valence electrons. The number of rotatable bonds is 2. The first kappa shape index (κ1) is 17.9. The van der Waals surface area contributed by atoms with E-state index in [0.29, 0.717) is 18.8 Å². The van der Waals surface area contributed by atoms with Crippen molar-refractivity contribution in [1.82, 2.24) is 4.90 Å². The summed E-state index contributed by atoms with van der Waals surface area (Å²) >= 11 is 1.76. The molecule has 1 unspecified atom stereocenters. The summed E-state index contributed by atoms with van der Waals surface area (Å²) in [4.78, 5) is 14.0. The molecule has 1 atom stereocenters. The Morgan fingerprint density at radius 1 is 1.08 bits per heavy atom. The van der Waals surface area contributed by atoms with E-state index >= 15 is 0 Å². The number of aryl methyl sites for hydroxylation is 1. The molecule has 1 amide bonds. The molecule has 3 rings (SSSR count). The molecule has 0 aromatic heterocycles. The molecule has 0 aliphatic carbocycles. The van der Waals surface area contributed by atoms with Crippen molar-refractivity contribution < 1.29 is 18.0 Å². The van der Waals surface area contributed by atoms with Gasteiger partial charge in [-0.05, 0) is 36.6 Å². The average molecular weight is 365 g/mol. The molecule has 0 bridgehead atoms. The molecule has 0 N–H and O–H groups in total. The SMILES string of the molecule is Cc1ccccc1C1CCN(C(=O)c2ccc(F)c(F)c2F)CCS1. The van der Waals surface area contributed by atoms with Crippen molar-refractivity contribution in [2.45, 2.75) is 18.6 Å². The van der Waals surface area contributed by atoms with Gasteiger partial charge in [0.15, 0.2) is 17.5 Å². The summed E-state index contributed by atoms with van der Waals surface area (Å²) in [6, 6.07) is 9.91. The number of hydrogen-bond acceptors (Lipinski definition) is 2. The third-order valence-electron chi connectivity index (χ3n) is 4.43. The van der Waals surface area contributed by atoms with E-state index in [1.807, 2.05) is 12.1 Å². The maximum atomic E-state index is 13.9. The Hall–Kier alpha value is -1.95. The van der Waals surface area contributed by atoms with Gasteiger partial charge in [0, 0.05) is 24.1 Å². The van der Waals surface area contributed by atoms with E-state index in [9.17, 15) is 18.0 Å². The molecule has 25 heavy (non-hydrogen) atoms. The fraction of sp³-hybridized carbons (Fsp3) is 0.316. The molecule has 0 radical (unpaired) electrons. The van der Waals surface area contributed by atoms with Gasteiger partial charge in [-0.1, -0.05) is 24.3 Å². The number of carbonyl (C=O) groups is 1. The Morgan fingerprint density at radius 2 is 1.84 bits per heavy atom. The number of thioether (sulfide) groups is 1. The van der Waals surface area contributed by atoms with Gasteiger partial charge < -0.3 is 4.90 Å². The lowest BCUT2D eigenvalue weighted by atomic mass is 10.0. The van der Waals surface area contributed by atoms with Crippen molar-refractivity contribution in [3.05, 3.63) is 70.5 Å². The highest BCUT2D eigenvalue weighted by Gasteiger charge is 2.26. The molecular formula is C19H18F3NOS. The Balaban J connectivity index is 1.76. The summed E-state index contributed by atoms with van der Waals surface area (Å²) in [6.07, 6.45) is 0.729. The predicted octanol–water partition coefficient (Wildman–Crippen LogP) is 4.73. The molecule has 6 heteroatoms. The summed E-state index contributed by atoms with van der Waals surface area (Å²) in [5, 5.41) is 0.258. The van der Waals surface area contributed by atoms with Gasteiger partial charge in [0.05, 0.1) is 5.56 Å². The first-order chi connectivity index (χ1) is 12.0. The zero-order chi connectivity index (χ0) is 18.0. The third kappa shape index (κ3) is 3.68. The molecule has 1 aliphatic heterocycles. The number of halogens is 3. The lowest BCUT2D eigenvalue weighted by Gasteiger charge is -2.21. The van der Waals surface area contributed by atoms with Crippen LogP contribution in [0.3, 0.4) is 0 Å². The van der Waals surface area contributed by atoms with Crippen LogP contribution in [0.4, 0.5) is 13.2 Å². The van der Waals surface area contributed by atoms with Crippen molar-refractivity contribution in [3.63, 3.8) is 0 Å². The van der Waals surface area contributed by atoms with Crippen LogP contribution in [0.2, 0.25) is 0 Å². The van der Waals surface area contributed by atoms with Crippen LogP contribution in [0, 0.1) is 24.4 Å². The molecule has 2 nitrogen and oxygen atoms in total. The van der Waals surface area contributed by atoms with Crippen LogP contribution in [0.5, 0.6) is 0 Å². The summed E-state index contributed by atoms with van der Waals surface area (Å²) in [6.45, 7) is 2.95. The van der Waals surface area contributed by atoms with E-state index in [4.69, 9.17) is 0 Å². The van der Waals surface area contributed by atoms with E-state index in [2.05, 4.69) is 19.1 Å². The molecule has 0 saturated carbocycles. The van der Waals surface area contributed by atoms with Crippen LogP contribution in [0.25, 0.3) is 0 Å². The van der Waals surface area contributed by atoms with Gasteiger partial charge in [0.2, 0.25) is 0 Å². The van der Waals surface area contributed by atoms with Gasteiger partial charge in [-0.15, -0.1) is 0 Å². The van der Waals surface area contributed by atoms with Gasteiger partial charge >= 0.3 is 0 Å². The van der Waals surface area contributed by atoms with Gasteiger partial charge in [0.1, 0.15) is 0 Å². The molecule has 0 spiro atoms. The highest BCUT2D eigenvalue weighted by molar-refractivity contribution is 7.99. The maximum Gasteiger partial charge on any atom is 0.256 e. The standard InChI is InChI=1S/C19H18F3NOS/c1-12-4-2-3-5-13(12)16-8-9-23(10-11-25-16)19(24)14-6-7-15(20)18(22)17(14)21/h2-7,16H,8-11H2,1H3. The minimum Gasteiger partial charge on any atom is -0.338 e. The minimum absolute atomic E-state index is 0.258. The second-order valence-corrected chi connectivity index (χ2v) is 7.33. The van der Waals surface area contributed by atoms with Gasteiger partial charge in [0.25, 0.3) is 5.91 Å². The molecule has 2 aromatic carbocycles. The average Bonchev–Trinajstić information content (AvgIpc) is 2.86. The number of nitrogens with zero attached hydrogens (tertiary/aromatic N) is 1.